The van der Waals surface area contributed by atoms with Crippen molar-refractivity contribution in [2.45, 2.75) is 23.0 Å². The summed E-state index contributed by atoms with van der Waals surface area (Å²) in [6.45, 7) is 0. The van der Waals surface area contributed by atoms with Gasteiger partial charge in [-0.05, 0) is 31.0 Å². The van der Waals surface area contributed by atoms with Crippen molar-refractivity contribution in [2.24, 2.45) is 0 Å². The van der Waals surface area contributed by atoms with Crippen LogP contribution in [0.25, 0.3) is 0 Å². The van der Waals surface area contributed by atoms with Crippen LogP contribution >= 0.6 is 11.6 Å². The van der Waals surface area contributed by atoms with Crippen LogP contribution in [0, 0.1) is 6.07 Å². The number of sulfone groups is 1. The fraction of sp³-hybridized carbons (Fsp3) is 0.333. The van der Waals surface area contributed by atoms with Gasteiger partial charge < -0.3 is 0 Å². The Kier molecular flexibility index (Phi) is 2.08. The normalized spacial score (nSPS) is 17.3. The van der Waals surface area contributed by atoms with Crippen LogP contribution in [-0.4, -0.2) is 13.7 Å². The minimum Gasteiger partial charge on any atom is -0.223 e. The molecule has 2 nitrogen and oxygen atoms in total. The third-order valence-electron chi connectivity index (χ3n) is 2.05. The Morgan fingerprint density at radius 3 is 2.69 bits per heavy atom. The van der Waals surface area contributed by atoms with Crippen LogP contribution in [0.5, 0.6) is 0 Å². The van der Waals surface area contributed by atoms with E-state index in [9.17, 15) is 8.42 Å². The van der Waals surface area contributed by atoms with E-state index in [0.717, 1.165) is 12.8 Å². The zero-order valence-electron chi connectivity index (χ0n) is 6.83. The summed E-state index contributed by atoms with van der Waals surface area (Å²) in [6.07, 6.45) is 1.52. The molecule has 0 amide bonds. The molecule has 69 valence electrons. The SMILES string of the molecule is O=S(=O)(c1cc[c]cc1Cl)C1CC1. The standard InChI is InChI=1S/C9H8ClO2S/c10-8-3-1-2-4-9(8)13(11,12)7-5-6-7/h2-4,7H,5-6H2. The largest absolute Gasteiger partial charge is 0.223 e. The molecule has 0 spiro atoms. The maximum Gasteiger partial charge on any atom is 0.182 e. The molecule has 1 aromatic rings. The van der Waals surface area contributed by atoms with Crippen molar-refractivity contribution in [1.29, 1.82) is 0 Å². The third kappa shape index (κ3) is 1.58. The first-order chi connectivity index (χ1) is 6.12. The summed E-state index contributed by atoms with van der Waals surface area (Å²) in [5.74, 6) is 0. The molecule has 1 saturated carbocycles. The molecule has 0 saturated heterocycles. The van der Waals surface area contributed by atoms with Crippen molar-refractivity contribution in [3.63, 3.8) is 0 Å². The van der Waals surface area contributed by atoms with Crippen molar-refractivity contribution < 1.29 is 8.42 Å². The van der Waals surface area contributed by atoms with Gasteiger partial charge in [-0.2, -0.15) is 0 Å². The molecule has 2 rings (SSSR count). The summed E-state index contributed by atoms with van der Waals surface area (Å²) < 4.78 is 23.4. The lowest BCUT2D eigenvalue weighted by Crippen LogP contribution is -2.07. The van der Waals surface area contributed by atoms with Gasteiger partial charge in [0, 0.05) is 0 Å². The van der Waals surface area contributed by atoms with Crippen molar-refractivity contribution in [3.8, 4) is 0 Å². The lowest BCUT2D eigenvalue weighted by molar-refractivity contribution is 0.595. The van der Waals surface area contributed by atoms with E-state index in [1.54, 1.807) is 6.07 Å². The van der Waals surface area contributed by atoms with Crippen LogP contribution in [0.2, 0.25) is 5.02 Å². The van der Waals surface area contributed by atoms with Gasteiger partial charge >= 0.3 is 0 Å². The van der Waals surface area contributed by atoms with Crippen LogP contribution in [-0.2, 0) is 9.84 Å². The second-order valence-corrected chi connectivity index (χ2v) is 5.70. The molecule has 0 N–H and O–H groups in total. The lowest BCUT2D eigenvalue weighted by Gasteiger charge is -2.03. The summed E-state index contributed by atoms with van der Waals surface area (Å²) in [4.78, 5) is 0.246. The smallest absolute Gasteiger partial charge is 0.182 e. The average molecular weight is 216 g/mol. The monoisotopic (exact) mass is 215 g/mol. The predicted molar refractivity (Wildman–Crippen MR) is 50.5 cm³/mol. The van der Waals surface area contributed by atoms with E-state index in [-0.39, 0.29) is 15.2 Å². The number of rotatable bonds is 2. The topological polar surface area (TPSA) is 34.1 Å². The minimum atomic E-state index is -3.15. The Morgan fingerprint density at radius 1 is 1.46 bits per heavy atom. The quantitative estimate of drug-likeness (QED) is 0.757. The zero-order chi connectivity index (χ0) is 9.47. The molecule has 1 radical (unpaired) electrons. The van der Waals surface area contributed by atoms with E-state index in [2.05, 4.69) is 6.07 Å². The van der Waals surface area contributed by atoms with Crippen molar-refractivity contribution in [3.05, 3.63) is 29.3 Å². The van der Waals surface area contributed by atoms with Crippen molar-refractivity contribution >= 4 is 21.4 Å². The summed E-state index contributed by atoms with van der Waals surface area (Å²) in [6, 6.07) is 7.30. The number of hydrogen-bond acceptors (Lipinski definition) is 2. The van der Waals surface area contributed by atoms with Gasteiger partial charge in [-0.15, -0.1) is 0 Å². The highest BCUT2D eigenvalue weighted by Gasteiger charge is 2.37. The molecule has 0 bridgehead atoms. The van der Waals surface area contributed by atoms with Crippen LogP contribution in [0.3, 0.4) is 0 Å². The molecular formula is C9H8ClO2S. The maximum atomic E-state index is 11.7. The lowest BCUT2D eigenvalue weighted by atomic mass is 10.4. The van der Waals surface area contributed by atoms with E-state index in [1.807, 2.05) is 0 Å². The van der Waals surface area contributed by atoms with E-state index in [4.69, 9.17) is 11.6 Å². The molecule has 1 fully saturated rings. The van der Waals surface area contributed by atoms with E-state index in [0.29, 0.717) is 0 Å². The van der Waals surface area contributed by atoms with Crippen LogP contribution < -0.4 is 0 Å². The Balaban J connectivity index is 2.51. The first kappa shape index (κ1) is 9.03. The van der Waals surface area contributed by atoms with Crippen LogP contribution in [0.15, 0.2) is 23.1 Å². The van der Waals surface area contributed by atoms with Gasteiger partial charge in [0.25, 0.3) is 0 Å². The molecule has 1 aliphatic rings. The molecule has 0 heterocycles. The second kappa shape index (κ2) is 3.00. The number of benzene rings is 1. The highest BCUT2D eigenvalue weighted by Crippen LogP contribution is 2.35. The van der Waals surface area contributed by atoms with Crippen molar-refractivity contribution in [2.75, 3.05) is 0 Å². The number of hydrogen-bond donors (Lipinski definition) is 0. The number of halogens is 1. The fourth-order valence-corrected chi connectivity index (χ4v) is 3.34. The molecule has 1 aromatic carbocycles. The Morgan fingerprint density at radius 2 is 2.15 bits per heavy atom. The molecule has 0 aromatic heterocycles. The third-order valence-corrected chi connectivity index (χ3v) is 4.79. The van der Waals surface area contributed by atoms with Gasteiger partial charge in [0.2, 0.25) is 0 Å². The molecule has 13 heavy (non-hydrogen) atoms. The molecule has 0 aliphatic heterocycles. The predicted octanol–water partition coefficient (Wildman–Crippen LogP) is 2.08. The molecule has 4 heteroatoms. The molecule has 0 unspecified atom stereocenters. The summed E-state index contributed by atoms with van der Waals surface area (Å²) in [5.41, 5.74) is 0. The highest BCUT2D eigenvalue weighted by molar-refractivity contribution is 7.92. The maximum absolute atomic E-state index is 11.7. The van der Waals surface area contributed by atoms with E-state index >= 15 is 0 Å². The minimum absolute atomic E-state index is 0.201. The van der Waals surface area contributed by atoms with E-state index in [1.165, 1.54) is 12.1 Å². The molecule has 1 aliphatic carbocycles. The van der Waals surface area contributed by atoms with Crippen LogP contribution in [0.1, 0.15) is 12.8 Å². The summed E-state index contributed by atoms with van der Waals surface area (Å²) >= 11 is 5.77. The first-order valence-electron chi connectivity index (χ1n) is 4.02. The Labute approximate surface area is 82.4 Å². The van der Waals surface area contributed by atoms with Gasteiger partial charge in [-0.3, -0.25) is 0 Å². The van der Waals surface area contributed by atoms with Gasteiger partial charge in [0.1, 0.15) is 0 Å². The molecular weight excluding hydrogens is 208 g/mol. The second-order valence-electron chi connectivity index (χ2n) is 3.10. The summed E-state index contributed by atoms with van der Waals surface area (Å²) in [7, 11) is -3.15. The summed E-state index contributed by atoms with van der Waals surface area (Å²) in [5, 5.41) is 0.0711. The zero-order valence-corrected chi connectivity index (χ0v) is 8.40. The van der Waals surface area contributed by atoms with Gasteiger partial charge in [-0.25, -0.2) is 8.42 Å². The van der Waals surface area contributed by atoms with Gasteiger partial charge in [-0.1, -0.05) is 17.7 Å². The van der Waals surface area contributed by atoms with Crippen molar-refractivity contribution in [1.82, 2.24) is 0 Å². The Bertz CT molecular complexity index is 421. The van der Waals surface area contributed by atoms with E-state index < -0.39 is 9.84 Å². The highest BCUT2D eigenvalue weighted by atomic mass is 35.5. The molecule has 0 atom stereocenters. The van der Waals surface area contributed by atoms with Crippen LogP contribution in [0.4, 0.5) is 0 Å². The average Bonchev–Trinajstić information content (AvgIpc) is 2.86. The first-order valence-corrected chi connectivity index (χ1v) is 5.94. The fourth-order valence-electron chi connectivity index (χ4n) is 1.18. The van der Waals surface area contributed by atoms with Gasteiger partial charge in [0.05, 0.1) is 15.2 Å². The van der Waals surface area contributed by atoms with Gasteiger partial charge in [0.15, 0.2) is 9.84 Å². The Hall–Kier alpha value is -0.540.